The number of alkyl halides is 1. The first-order chi connectivity index (χ1) is 9.62. The van der Waals surface area contributed by atoms with Crippen molar-refractivity contribution in [3.05, 3.63) is 47.3 Å². The zero-order valence-corrected chi connectivity index (χ0v) is 13.9. The Morgan fingerprint density at radius 1 is 1.25 bits per heavy atom. The first-order valence-corrected chi connectivity index (χ1v) is 7.93. The van der Waals surface area contributed by atoms with E-state index in [1.165, 1.54) is 11.3 Å². The quantitative estimate of drug-likeness (QED) is 0.754. The fourth-order valence-electron chi connectivity index (χ4n) is 2.43. The number of rotatable bonds is 6. The number of methoxy groups -OCH3 is 1. The molecule has 0 fully saturated rings. The lowest BCUT2D eigenvalue weighted by molar-refractivity contribution is 0.414. The van der Waals surface area contributed by atoms with Crippen LogP contribution in [0.25, 0.3) is 0 Å². The van der Waals surface area contributed by atoms with Crippen LogP contribution in [0.5, 0.6) is 5.75 Å². The predicted octanol–water partition coefficient (Wildman–Crippen LogP) is 3.53. The van der Waals surface area contributed by atoms with Gasteiger partial charge in [0, 0.05) is 18.1 Å². The summed E-state index contributed by atoms with van der Waals surface area (Å²) in [5.41, 5.74) is 3.72. The fourth-order valence-corrected chi connectivity index (χ4v) is 2.89. The molecule has 1 aromatic carbocycles. The summed E-state index contributed by atoms with van der Waals surface area (Å²) in [5, 5.41) is 5.40. The van der Waals surface area contributed by atoms with Gasteiger partial charge in [-0.05, 0) is 49.4 Å². The molecule has 1 heterocycles. The maximum atomic E-state index is 5.19. The van der Waals surface area contributed by atoms with Gasteiger partial charge in [0.1, 0.15) is 5.75 Å². The molecule has 0 aliphatic rings. The molecule has 0 aliphatic carbocycles. The van der Waals surface area contributed by atoms with E-state index >= 15 is 0 Å². The van der Waals surface area contributed by atoms with E-state index in [9.17, 15) is 0 Å². The van der Waals surface area contributed by atoms with Crippen molar-refractivity contribution >= 4 is 15.9 Å². The van der Waals surface area contributed by atoms with Crippen LogP contribution in [-0.2, 0) is 19.9 Å². The lowest BCUT2D eigenvalue weighted by Gasteiger charge is -2.14. The highest BCUT2D eigenvalue weighted by molar-refractivity contribution is 9.09. The fraction of sp³-hybridized carbons (Fsp3) is 0.438. The largest absolute Gasteiger partial charge is 0.497 e. The smallest absolute Gasteiger partial charge is 0.118 e. The minimum absolute atomic E-state index is 0.568. The highest BCUT2D eigenvalue weighted by Gasteiger charge is 2.12. The Morgan fingerprint density at radius 2 is 1.95 bits per heavy atom. The molecule has 0 saturated heterocycles. The van der Waals surface area contributed by atoms with Gasteiger partial charge in [-0.1, -0.05) is 28.1 Å². The molecular formula is C16H21BrN2O. The van der Waals surface area contributed by atoms with Crippen LogP contribution in [0.1, 0.15) is 17.0 Å². The summed E-state index contributed by atoms with van der Waals surface area (Å²) >= 11 is 3.64. The summed E-state index contributed by atoms with van der Waals surface area (Å²) in [6, 6.07) is 10.5. The SMILES string of the molecule is COc1ccc(CC(CBr)Cc2cc(C)nn2C)cc1. The van der Waals surface area contributed by atoms with Crippen molar-refractivity contribution in [1.29, 1.82) is 0 Å². The van der Waals surface area contributed by atoms with Crippen LogP contribution in [0, 0.1) is 12.8 Å². The van der Waals surface area contributed by atoms with Gasteiger partial charge in [0.05, 0.1) is 12.8 Å². The molecule has 1 aromatic heterocycles. The molecular weight excluding hydrogens is 316 g/mol. The lowest BCUT2D eigenvalue weighted by Crippen LogP contribution is -2.12. The van der Waals surface area contributed by atoms with Crippen LogP contribution in [0.15, 0.2) is 30.3 Å². The van der Waals surface area contributed by atoms with Crippen molar-refractivity contribution in [2.75, 3.05) is 12.4 Å². The lowest BCUT2D eigenvalue weighted by atomic mass is 9.96. The number of nitrogens with zero attached hydrogens (tertiary/aromatic N) is 2. The second-order valence-corrected chi connectivity index (χ2v) is 5.82. The van der Waals surface area contributed by atoms with Gasteiger partial charge in [-0.3, -0.25) is 4.68 Å². The van der Waals surface area contributed by atoms with Gasteiger partial charge < -0.3 is 4.74 Å². The Balaban J connectivity index is 2.02. The third kappa shape index (κ3) is 3.85. The molecule has 4 heteroatoms. The second kappa shape index (κ2) is 6.93. The molecule has 0 bridgehead atoms. The Hall–Kier alpha value is -1.29. The molecule has 1 unspecified atom stereocenters. The third-order valence-corrected chi connectivity index (χ3v) is 4.41. The minimum atomic E-state index is 0.568. The molecule has 1 atom stereocenters. The summed E-state index contributed by atoms with van der Waals surface area (Å²) < 4.78 is 7.18. The van der Waals surface area contributed by atoms with E-state index in [0.29, 0.717) is 5.92 Å². The zero-order valence-electron chi connectivity index (χ0n) is 12.3. The van der Waals surface area contributed by atoms with Crippen LogP contribution in [-0.4, -0.2) is 22.2 Å². The molecule has 108 valence electrons. The first kappa shape index (κ1) is 15.1. The normalized spacial score (nSPS) is 12.4. The highest BCUT2D eigenvalue weighted by Crippen LogP contribution is 2.19. The van der Waals surface area contributed by atoms with Crippen molar-refractivity contribution in [2.45, 2.75) is 19.8 Å². The van der Waals surface area contributed by atoms with Crippen molar-refractivity contribution in [2.24, 2.45) is 13.0 Å². The number of ether oxygens (including phenoxy) is 1. The van der Waals surface area contributed by atoms with Crippen molar-refractivity contribution in [3.63, 3.8) is 0 Å². The van der Waals surface area contributed by atoms with Gasteiger partial charge in [0.15, 0.2) is 0 Å². The van der Waals surface area contributed by atoms with E-state index in [2.05, 4.69) is 39.2 Å². The summed E-state index contributed by atoms with van der Waals surface area (Å²) in [4.78, 5) is 0. The highest BCUT2D eigenvalue weighted by atomic mass is 79.9. The van der Waals surface area contributed by atoms with Crippen molar-refractivity contribution in [1.82, 2.24) is 9.78 Å². The van der Waals surface area contributed by atoms with Crippen LogP contribution in [0.3, 0.4) is 0 Å². The van der Waals surface area contributed by atoms with E-state index in [-0.39, 0.29) is 0 Å². The molecule has 2 rings (SSSR count). The summed E-state index contributed by atoms with van der Waals surface area (Å²) in [5.74, 6) is 1.48. The summed E-state index contributed by atoms with van der Waals surface area (Å²) in [6.45, 7) is 2.04. The average Bonchev–Trinajstić information content (AvgIpc) is 2.77. The molecule has 0 amide bonds. The monoisotopic (exact) mass is 336 g/mol. The average molecular weight is 337 g/mol. The maximum Gasteiger partial charge on any atom is 0.118 e. The number of aromatic nitrogens is 2. The standard InChI is InChI=1S/C16H21BrN2O/c1-12-8-15(19(2)18-12)10-14(11-17)9-13-4-6-16(20-3)7-5-13/h4-8,14H,9-11H2,1-3H3. The van der Waals surface area contributed by atoms with Crippen molar-refractivity contribution < 1.29 is 4.74 Å². The van der Waals surface area contributed by atoms with E-state index in [1.54, 1.807) is 7.11 Å². The molecule has 0 aliphatic heterocycles. The molecule has 0 saturated carbocycles. The van der Waals surface area contributed by atoms with Crippen LogP contribution in [0.4, 0.5) is 0 Å². The maximum absolute atomic E-state index is 5.19. The van der Waals surface area contributed by atoms with Gasteiger partial charge >= 0.3 is 0 Å². The topological polar surface area (TPSA) is 27.1 Å². The number of hydrogen-bond donors (Lipinski definition) is 0. The first-order valence-electron chi connectivity index (χ1n) is 6.80. The summed E-state index contributed by atoms with van der Waals surface area (Å²) in [6.07, 6.45) is 2.09. The molecule has 20 heavy (non-hydrogen) atoms. The van der Waals surface area contributed by atoms with Gasteiger partial charge in [0.25, 0.3) is 0 Å². The van der Waals surface area contributed by atoms with Gasteiger partial charge in [-0.25, -0.2) is 0 Å². The van der Waals surface area contributed by atoms with Crippen LogP contribution < -0.4 is 4.74 Å². The van der Waals surface area contributed by atoms with Gasteiger partial charge in [-0.15, -0.1) is 0 Å². The second-order valence-electron chi connectivity index (χ2n) is 5.18. The Labute approximate surface area is 129 Å². The molecule has 0 radical (unpaired) electrons. The minimum Gasteiger partial charge on any atom is -0.497 e. The van der Waals surface area contributed by atoms with Gasteiger partial charge in [0.2, 0.25) is 0 Å². The third-order valence-electron chi connectivity index (χ3n) is 3.50. The van der Waals surface area contributed by atoms with Crippen LogP contribution in [0.2, 0.25) is 0 Å². The number of benzene rings is 1. The Kier molecular flexibility index (Phi) is 5.24. The van der Waals surface area contributed by atoms with Crippen molar-refractivity contribution in [3.8, 4) is 5.75 Å². The predicted molar refractivity (Wildman–Crippen MR) is 85.6 cm³/mol. The number of halogens is 1. The van der Waals surface area contributed by atoms with Gasteiger partial charge in [-0.2, -0.15) is 5.10 Å². The Morgan fingerprint density at radius 3 is 2.45 bits per heavy atom. The summed E-state index contributed by atoms with van der Waals surface area (Å²) in [7, 11) is 3.71. The molecule has 0 spiro atoms. The van der Waals surface area contributed by atoms with E-state index in [1.807, 2.05) is 30.8 Å². The molecule has 3 nitrogen and oxygen atoms in total. The Bertz CT molecular complexity index is 548. The molecule has 0 N–H and O–H groups in total. The zero-order chi connectivity index (χ0) is 14.5. The van der Waals surface area contributed by atoms with E-state index < -0.39 is 0 Å². The van der Waals surface area contributed by atoms with Crippen LogP contribution >= 0.6 is 15.9 Å². The molecule has 2 aromatic rings. The van der Waals surface area contributed by atoms with E-state index in [4.69, 9.17) is 4.74 Å². The van der Waals surface area contributed by atoms with E-state index in [0.717, 1.165) is 29.6 Å². The number of hydrogen-bond acceptors (Lipinski definition) is 2. The number of aryl methyl sites for hydroxylation is 2.